The lowest BCUT2D eigenvalue weighted by molar-refractivity contribution is 0.0685. The summed E-state index contributed by atoms with van der Waals surface area (Å²) < 4.78 is 2.04. The minimum absolute atomic E-state index is 0.0342. The van der Waals surface area contributed by atoms with Gasteiger partial charge < -0.3 is 4.90 Å². The fraction of sp³-hybridized carbons (Fsp3) is 0.233. The van der Waals surface area contributed by atoms with Gasteiger partial charge in [-0.05, 0) is 55.0 Å². The summed E-state index contributed by atoms with van der Waals surface area (Å²) >= 11 is 3.09. The molecule has 0 unspecified atom stereocenters. The number of thioether (sulfide) groups is 1. The number of benzene rings is 2. The van der Waals surface area contributed by atoms with Gasteiger partial charge in [0.2, 0.25) is 0 Å². The van der Waals surface area contributed by atoms with Gasteiger partial charge in [-0.1, -0.05) is 60.3 Å². The molecule has 7 nitrogen and oxygen atoms in total. The zero-order valence-corrected chi connectivity index (χ0v) is 23.0. The van der Waals surface area contributed by atoms with E-state index in [0.29, 0.717) is 17.4 Å². The van der Waals surface area contributed by atoms with Crippen molar-refractivity contribution in [2.75, 3.05) is 13.1 Å². The highest BCUT2D eigenvalue weighted by Crippen LogP contribution is 2.30. The van der Waals surface area contributed by atoms with Gasteiger partial charge in [0.05, 0.1) is 5.75 Å². The highest BCUT2D eigenvalue weighted by Gasteiger charge is 2.25. The van der Waals surface area contributed by atoms with Gasteiger partial charge in [-0.15, -0.1) is 21.5 Å². The second-order valence-corrected chi connectivity index (χ2v) is 11.4. The number of carbonyl (C=O) groups excluding carboxylic acids is 1. The van der Waals surface area contributed by atoms with Crippen LogP contribution >= 0.6 is 23.1 Å². The third kappa shape index (κ3) is 5.94. The molecule has 6 rings (SSSR count). The van der Waals surface area contributed by atoms with Crippen LogP contribution in [0.5, 0.6) is 0 Å². The lowest BCUT2D eigenvalue weighted by Crippen LogP contribution is -2.39. The van der Waals surface area contributed by atoms with Crippen LogP contribution in [-0.2, 0) is 12.2 Å². The van der Waals surface area contributed by atoms with Gasteiger partial charge in [0, 0.05) is 42.1 Å². The quantitative estimate of drug-likeness (QED) is 0.214. The molecular formula is C30H28N6OS2. The van der Waals surface area contributed by atoms with Crippen molar-refractivity contribution in [1.82, 2.24) is 29.6 Å². The van der Waals surface area contributed by atoms with Gasteiger partial charge in [0.25, 0.3) is 5.91 Å². The molecular weight excluding hydrogens is 525 g/mol. The Morgan fingerprint density at radius 3 is 2.46 bits per heavy atom. The smallest absolute Gasteiger partial charge is 0.273 e. The number of carbonyl (C=O) groups is 1. The van der Waals surface area contributed by atoms with E-state index < -0.39 is 0 Å². The fourth-order valence-corrected chi connectivity index (χ4v) is 6.64. The van der Waals surface area contributed by atoms with Crippen LogP contribution in [0.3, 0.4) is 0 Å². The van der Waals surface area contributed by atoms with Crippen molar-refractivity contribution in [3.63, 3.8) is 0 Å². The Labute approximate surface area is 236 Å². The van der Waals surface area contributed by atoms with Crippen molar-refractivity contribution in [3.05, 3.63) is 107 Å². The molecule has 1 amide bonds. The van der Waals surface area contributed by atoms with E-state index in [-0.39, 0.29) is 5.91 Å². The maximum absolute atomic E-state index is 13.2. The van der Waals surface area contributed by atoms with E-state index in [4.69, 9.17) is 4.98 Å². The standard InChI is InChI=1S/C30H28N6OS2/c37-29(35-16-13-23(14-17-35)18-22-8-3-1-4-9-22)26-20-38-27(32-26)21-39-30-34-33-28(24-10-7-15-31-19-24)36(30)25-11-5-2-6-12-25/h1-12,15,19-20,23H,13-14,16-18,21H2. The monoisotopic (exact) mass is 552 g/mol. The van der Waals surface area contributed by atoms with Gasteiger partial charge in [0.1, 0.15) is 10.7 Å². The maximum atomic E-state index is 13.2. The van der Waals surface area contributed by atoms with E-state index >= 15 is 0 Å². The van der Waals surface area contributed by atoms with Crippen molar-refractivity contribution in [1.29, 1.82) is 0 Å². The second-order valence-electron chi connectivity index (χ2n) is 9.56. The lowest BCUT2D eigenvalue weighted by Gasteiger charge is -2.31. The second kappa shape index (κ2) is 11.9. The number of piperidine rings is 1. The summed E-state index contributed by atoms with van der Waals surface area (Å²) in [5, 5.41) is 12.5. The number of rotatable bonds is 8. The van der Waals surface area contributed by atoms with Crippen LogP contribution in [-0.4, -0.2) is 48.6 Å². The molecule has 0 aliphatic carbocycles. The molecule has 39 heavy (non-hydrogen) atoms. The molecule has 0 N–H and O–H groups in total. The van der Waals surface area contributed by atoms with Gasteiger partial charge >= 0.3 is 0 Å². The molecule has 1 aliphatic rings. The third-order valence-electron chi connectivity index (χ3n) is 6.93. The number of para-hydroxylation sites is 1. The van der Waals surface area contributed by atoms with Crippen LogP contribution in [0, 0.1) is 5.92 Å². The summed E-state index contributed by atoms with van der Waals surface area (Å²) in [5.41, 5.74) is 3.79. The number of amides is 1. The first-order chi connectivity index (χ1) is 19.2. The van der Waals surface area contributed by atoms with Crippen LogP contribution in [0.15, 0.2) is 95.7 Å². The molecule has 1 saturated heterocycles. The first-order valence-electron chi connectivity index (χ1n) is 13.1. The summed E-state index contributed by atoms with van der Waals surface area (Å²) in [7, 11) is 0. The first kappa shape index (κ1) is 25.5. The molecule has 0 radical (unpaired) electrons. The van der Waals surface area contributed by atoms with E-state index in [1.54, 1.807) is 24.2 Å². The molecule has 3 aromatic heterocycles. The van der Waals surface area contributed by atoms with E-state index in [9.17, 15) is 4.79 Å². The molecule has 196 valence electrons. The van der Waals surface area contributed by atoms with Crippen LogP contribution in [0.1, 0.15) is 33.9 Å². The molecule has 0 atom stereocenters. The van der Waals surface area contributed by atoms with Gasteiger partial charge in [0.15, 0.2) is 11.0 Å². The number of thiazole rings is 1. The molecule has 0 bridgehead atoms. The zero-order valence-electron chi connectivity index (χ0n) is 21.4. The largest absolute Gasteiger partial charge is 0.337 e. The molecule has 5 aromatic rings. The average molecular weight is 553 g/mol. The number of pyridine rings is 1. The van der Waals surface area contributed by atoms with Crippen molar-refractivity contribution < 1.29 is 4.79 Å². The minimum Gasteiger partial charge on any atom is -0.337 e. The summed E-state index contributed by atoms with van der Waals surface area (Å²) in [6.07, 6.45) is 6.68. The Balaban J connectivity index is 1.10. The number of aromatic nitrogens is 5. The predicted molar refractivity (Wildman–Crippen MR) is 155 cm³/mol. The number of nitrogens with zero attached hydrogens (tertiary/aromatic N) is 6. The lowest BCUT2D eigenvalue weighted by atomic mass is 9.90. The SMILES string of the molecule is O=C(c1csc(CSc2nnc(-c3cccnc3)n2-c2ccccc2)n1)N1CCC(Cc2ccccc2)CC1. The van der Waals surface area contributed by atoms with E-state index in [1.165, 1.54) is 16.9 Å². The molecule has 4 heterocycles. The van der Waals surface area contributed by atoms with Crippen LogP contribution < -0.4 is 0 Å². The third-order valence-corrected chi connectivity index (χ3v) is 8.90. The first-order valence-corrected chi connectivity index (χ1v) is 14.9. The minimum atomic E-state index is 0.0342. The van der Waals surface area contributed by atoms with Gasteiger partial charge in [-0.3, -0.25) is 14.3 Å². The average Bonchev–Trinajstić information content (AvgIpc) is 3.65. The maximum Gasteiger partial charge on any atom is 0.273 e. The van der Waals surface area contributed by atoms with Crippen LogP contribution in [0.4, 0.5) is 0 Å². The molecule has 9 heteroatoms. The Kier molecular flexibility index (Phi) is 7.78. The summed E-state index contributed by atoms with van der Waals surface area (Å²) in [6.45, 7) is 1.57. The Bertz CT molecular complexity index is 1510. The van der Waals surface area contributed by atoms with Crippen molar-refractivity contribution in [2.45, 2.75) is 30.2 Å². The number of likely N-dealkylation sites (tertiary alicyclic amines) is 1. The molecule has 0 saturated carbocycles. The molecule has 2 aromatic carbocycles. The Morgan fingerprint density at radius 1 is 0.949 bits per heavy atom. The Hall–Kier alpha value is -3.82. The topological polar surface area (TPSA) is 76.8 Å². The van der Waals surface area contributed by atoms with Crippen LogP contribution in [0.25, 0.3) is 17.1 Å². The summed E-state index contributed by atoms with van der Waals surface area (Å²) in [6, 6.07) is 24.6. The molecule has 1 fully saturated rings. The van der Waals surface area contributed by atoms with E-state index in [0.717, 1.165) is 59.6 Å². The highest BCUT2D eigenvalue weighted by atomic mass is 32.2. The summed E-state index contributed by atoms with van der Waals surface area (Å²) in [5.74, 6) is 2.00. The zero-order chi connectivity index (χ0) is 26.4. The predicted octanol–water partition coefficient (Wildman–Crippen LogP) is 6.17. The van der Waals surface area contributed by atoms with Gasteiger partial charge in [-0.2, -0.15) is 0 Å². The number of hydrogen-bond donors (Lipinski definition) is 0. The fourth-order valence-electron chi connectivity index (χ4n) is 4.91. The van der Waals surface area contributed by atoms with Crippen LogP contribution in [0.2, 0.25) is 0 Å². The molecule has 0 spiro atoms. The van der Waals surface area contributed by atoms with E-state index in [1.807, 2.05) is 57.3 Å². The molecule has 1 aliphatic heterocycles. The summed E-state index contributed by atoms with van der Waals surface area (Å²) in [4.78, 5) is 24.1. The van der Waals surface area contributed by atoms with Gasteiger partial charge in [-0.25, -0.2) is 4.98 Å². The normalized spacial score (nSPS) is 14.0. The van der Waals surface area contributed by atoms with Crippen molar-refractivity contribution in [2.24, 2.45) is 5.92 Å². The van der Waals surface area contributed by atoms with Crippen molar-refractivity contribution >= 4 is 29.0 Å². The Morgan fingerprint density at radius 2 is 1.72 bits per heavy atom. The van der Waals surface area contributed by atoms with Crippen molar-refractivity contribution in [3.8, 4) is 17.1 Å². The number of hydrogen-bond acceptors (Lipinski definition) is 7. The highest BCUT2D eigenvalue weighted by molar-refractivity contribution is 7.98. The van der Waals surface area contributed by atoms with E-state index in [2.05, 4.69) is 45.5 Å².